The summed E-state index contributed by atoms with van der Waals surface area (Å²) < 4.78 is 13.5. The Kier molecular flexibility index (Phi) is 5.76. The maximum absolute atomic E-state index is 13.1. The summed E-state index contributed by atoms with van der Waals surface area (Å²) in [5.74, 6) is 0.295. The summed E-state index contributed by atoms with van der Waals surface area (Å²) in [5.41, 5.74) is 2.10. The number of thioether (sulfide) groups is 1. The summed E-state index contributed by atoms with van der Waals surface area (Å²) in [7, 11) is 3.07. The number of ether oxygens (including phenoxy) is 2. The van der Waals surface area contributed by atoms with Crippen LogP contribution >= 0.6 is 27.7 Å². The second-order valence-corrected chi connectivity index (χ2v) is 8.40. The molecule has 1 aliphatic heterocycles. The predicted molar refractivity (Wildman–Crippen MR) is 117 cm³/mol. The fourth-order valence-electron chi connectivity index (χ4n) is 3.79. The summed E-state index contributed by atoms with van der Waals surface area (Å²) >= 11 is 4.76. The van der Waals surface area contributed by atoms with Crippen LogP contribution in [0.4, 0.5) is 5.69 Å². The molecule has 3 aromatic rings. The summed E-state index contributed by atoms with van der Waals surface area (Å²) in [6, 6.07) is 10.8. The Labute approximate surface area is 192 Å². The van der Waals surface area contributed by atoms with Crippen LogP contribution in [0.1, 0.15) is 18.7 Å². The molecule has 10 heteroatoms. The molecule has 0 saturated heterocycles. The Hall–Kier alpha value is -2.85. The van der Waals surface area contributed by atoms with Crippen molar-refractivity contribution in [1.82, 2.24) is 10.1 Å². The first-order valence-electron chi connectivity index (χ1n) is 9.26. The average molecular weight is 503 g/mol. The summed E-state index contributed by atoms with van der Waals surface area (Å²) in [4.78, 5) is 18.6. The molecule has 2 heterocycles. The van der Waals surface area contributed by atoms with E-state index >= 15 is 0 Å². The van der Waals surface area contributed by atoms with Gasteiger partial charge in [-0.1, -0.05) is 44.5 Å². The first-order valence-corrected chi connectivity index (χ1v) is 11.3. The maximum atomic E-state index is 13.1. The number of anilines is 1. The SMILES string of the molecule is COc1cc(Br)cc(C2N(C(C)=O)c3ccccc3-c3c([O-])nc(SC)n[n+]32)c1OC. The lowest BCUT2D eigenvalue weighted by molar-refractivity contribution is -0.764. The van der Waals surface area contributed by atoms with Crippen molar-refractivity contribution >= 4 is 39.3 Å². The number of methoxy groups -OCH3 is 2. The maximum Gasteiger partial charge on any atom is 0.296 e. The van der Waals surface area contributed by atoms with Crippen molar-refractivity contribution in [2.24, 2.45) is 0 Å². The molecule has 4 rings (SSSR count). The molecule has 1 aliphatic rings. The minimum atomic E-state index is -0.787. The number of aromatic nitrogens is 3. The van der Waals surface area contributed by atoms with Gasteiger partial charge in [0.05, 0.1) is 36.9 Å². The minimum absolute atomic E-state index is 0.214. The minimum Gasteiger partial charge on any atom is -0.854 e. The van der Waals surface area contributed by atoms with Gasteiger partial charge in [0, 0.05) is 16.5 Å². The van der Waals surface area contributed by atoms with Crippen LogP contribution in [-0.4, -0.2) is 36.5 Å². The molecule has 1 amide bonds. The van der Waals surface area contributed by atoms with Gasteiger partial charge in [-0.2, -0.15) is 0 Å². The summed E-state index contributed by atoms with van der Waals surface area (Å²) in [6.45, 7) is 1.48. The highest BCUT2D eigenvalue weighted by atomic mass is 79.9. The van der Waals surface area contributed by atoms with Crippen molar-refractivity contribution in [3.8, 4) is 28.6 Å². The van der Waals surface area contributed by atoms with E-state index in [-0.39, 0.29) is 5.91 Å². The van der Waals surface area contributed by atoms with Crippen LogP contribution in [0.5, 0.6) is 17.4 Å². The molecule has 0 bridgehead atoms. The molecule has 31 heavy (non-hydrogen) atoms. The van der Waals surface area contributed by atoms with Crippen LogP contribution in [0.25, 0.3) is 11.3 Å². The largest absolute Gasteiger partial charge is 0.854 e. The van der Waals surface area contributed by atoms with Gasteiger partial charge in [0.1, 0.15) is 0 Å². The molecule has 160 valence electrons. The number of halogens is 1. The quantitative estimate of drug-likeness (QED) is 0.400. The molecule has 1 aromatic heterocycles. The van der Waals surface area contributed by atoms with E-state index in [0.717, 1.165) is 4.47 Å². The van der Waals surface area contributed by atoms with Crippen molar-refractivity contribution in [3.05, 3.63) is 46.4 Å². The van der Waals surface area contributed by atoms with Crippen LogP contribution in [0, 0.1) is 0 Å². The number of hydrogen-bond donors (Lipinski definition) is 0. The fraction of sp³-hybridized carbons (Fsp3) is 0.238. The predicted octanol–water partition coefficient (Wildman–Crippen LogP) is 2.92. The Morgan fingerprint density at radius 3 is 2.65 bits per heavy atom. The number of benzene rings is 2. The topological polar surface area (TPSA) is 91.5 Å². The third-order valence-electron chi connectivity index (χ3n) is 4.99. The van der Waals surface area contributed by atoms with Crippen LogP contribution in [0.2, 0.25) is 0 Å². The third kappa shape index (κ3) is 3.49. The lowest BCUT2D eigenvalue weighted by Crippen LogP contribution is -2.58. The number of hydrogen-bond acceptors (Lipinski definition) is 7. The lowest BCUT2D eigenvalue weighted by Gasteiger charge is -2.33. The van der Waals surface area contributed by atoms with Crippen LogP contribution in [0.3, 0.4) is 0 Å². The van der Waals surface area contributed by atoms with E-state index in [1.165, 1.54) is 32.9 Å². The highest BCUT2D eigenvalue weighted by Crippen LogP contribution is 2.45. The Bertz CT molecular complexity index is 1190. The smallest absolute Gasteiger partial charge is 0.296 e. The molecule has 8 nitrogen and oxygen atoms in total. The van der Waals surface area contributed by atoms with Gasteiger partial charge >= 0.3 is 0 Å². The fourth-order valence-corrected chi connectivity index (χ4v) is 4.59. The van der Waals surface area contributed by atoms with Crippen molar-refractivity contribution in [1.29, 1.82) is 0 Å². The zero-order valence-corrected chi connectivity index (χ0v) is 19.7. The molecule has 1 atom stereocenters. The van der Waals surface area contributed by atoms with Gasteiger partial charge < -0.3 is 14.6 Å². The van der Waals surface area contributed by atoms with E-state index in [9.17, 15) is 9.90 Å². The van der Waals surface area contributed by atoms with Crippen LogP contribution in [0.15, 0.2) is 46.0 Å². The summed E-state index contributed by atoms with van der Waals surface area (Å²) in [6.07, 6.45) is 1.00. The first kappa shape index (κ1) is 21.4. The zero-order chi connectivity index (χ0) is 22.3. The summed E-state index contributed by atoms with van der Waals surface area (Å²) in [5, 5.41) is 18.0. The molecular weight excluding hydrogens is 484 g/mol. The number of amides is 1. The van der Waals surface area contributed by atoms with Crippen molar-refractivity contribution in [2.75, 3.05) is 25.4 Å². The van der Waals surface area contributed by atoms with Gasteiger partial charge in [-0.25, -0.2) is 9.88 Å². The van der Waals surface area contributed by atoms with Gasteiger partial charge in [-0.3, -0.25) is 4.79 Å². The van der Waals surface area contributed by atoms with Gasteiger partial charge in [0.2, 0.25) is 5.91 Å². The molecule has 0 spiro atoms. The molecule has 0 aliphatic carbocycles. The van der Waals surface area contributed by atoms with E-state index < -0.39 is 12.0 Å². The normalized spacial score (nSPS) is 14.6. The van der Waals surface area contributed by atoms with Crippen molar-refractivity contribution < 1.29 is 24.1 Å². The van der Waals surface area contributed by atoms with Crippen LogP contribution in [-0.2, 0) is 4.79 Å². The van der Waals surface area contributed by atoms with Gasteiger partial charge in [-0.05, 0) is 30.5 Å². The standard InChI is InChI=1S/C21H19BrN4O4S/c1-11(27)25-15-8-6-5-7-13(15)17-19(28)23-21(31-4)24-26(17)20(25)14-9-12(22)10-16(29-2)18(14)30-3/h5-10,20H,1-4H3. The number of carbonyl (C=O) groups is 1. The number of rotatable bonds is 4. The highest BCUT2D eigenvalue weighted by Gasteiger charge is 2.45. The Balaban J connectivity index is 2.13. The van der Waals surface area contributed by atoms with Gasteiger partial charge in [0.25, 0.3) is 17.0 Å². The Morgan fingerprint density at radius 1 is 1.26 bits per heavy atom. The molecule has 0 saturated carbocycles. The average Bonchev–Trinajstić information content (AvgIpc) is 2.76. The van der Waals surface area contributed by atoms with Crippen molar-refractivity contribution in [3.63, 3.8) is 0 Å². The first-order chi connectivity index (χ1) is 14.9. The van der Waals surface area contributed by atoms with E-state index in [1.807, 2.05) is 18.2 Å². The molecular formula is C21H19BrN4O4S. The monoisotopic (exact) mass is 502 g/mol. The van der Waals surface area contributed by atoms with Gasteiger partial charge in [0.15, 0.2) is 11.5 Å². The molecule has 0 N–H and O–H groups in total. The van der Waals surface area contributed by atoms with E-state index in [2.05, 4.69) is 26.0 Å². The Morgan fingerprint density at radius 2 is 2.00 bits per heavy atom. The van der Waals surface area contributed by atoms with Gasteiger partial charge in [-0.15, -0.1) is 0 Å². The molecule has 2 aromatic carbocycles. The number of para-hydroxylation sites is 1. The lowest BCUT2D eigenvalue weighted by atomic mass is 10.0. The van der Waals surface area contributed by atoms with E-state index in [1.54, 1.807) is 34.0 Å². The van der Waals surface area contributed by atoms with Crippen molar-refractivity contribution in [2.45, 2.75) is 18.2 Å². The second kappa shape index (κ2) is 8.35. The van der Waals surface area contributed by atoms with Crippen LogP contribution < -0.4 is 24.2 Å². The molecule has 0 radical (unpaired) electrons. The highest BCUT2D eigenvalue weighted by molar-refractivity contribution is 9.10. The number of fused-ring (bicyclic) bond motifs is 3. The van der Waals surface area contributed by atoms with E-state index in [4.69, 9.17) is 9.47 Å². The number of carbonyl (C=O) groups excluding carboxylic acids is 1. The van der Waals surface area contributed by atoms with E-state index in [0.29, 0.717) is 39.2 Å². The molecule has 0 fully saturated rings. The second-order valence-electron chi connectivity index (χ2n) is 6.71. The number of nitrogens with zero attached hydrogens (tertiary/aromatic N) is 4. The zero-order valence-electron chi connectivity index (χ0n) is 17.2. The molecule has 1 unspecified atom stereocenters. The third-order valence-corrected chi connectivity index (χ3v) is 5.99.